The molecular weight excluding hydrogens is 232 g/mol. The Labute approximate surface area is 111 Å². The minimum absolute atomic E-state index is 0.401. The van der Waals surface area contributed by atoms with Crippen LogP contribution < -0.4 is 0 Å². The zero-order valence-corrected chi connectivity index (χ0v) is 12.7. The van der Waals surface area contributed by atoms with Gasteiger partial charge in [-0.2, -0.15) is 10.2 Å². The lowest BCUT2D eigenvalue weighted by molar-refractivity contribution is 0.168. The number of nitrogens with zero attached hydrogens (tertiary/aromatic N) is 2. The average molecular weight is 259 g/mol. The second kappa shape index (κ2) is 5.69. The molecule has 1 unspecified atom stereocenters. The van der Waals surface area contributed by atoms with Crippen molar-refractivity contribution in [3.8, 4) is 0 Å². The molecule has 0 aromatic carbocycles. The van der Waals surface area contributed by atoms with E-state index in [1.807, 2.05) is 13.8 Å². The van der Waals surface area contributed by atoms with Crippen LogP contribution in [0.4, 0.5) is 0 Å². The maximum absolute atomic E-state index is 6.18. The first-order valence-corrected chi connectivity index (χ1v) is 7.23. The van der Waals surface area contributed by atoms with Crippen molar-refractivity contribution in [1.29, 1.82) is 0 Å². The maximum Gasteiger partial charge on any atom is 0.151 e. The van der Waals surface area contributed by atoms with Crippen LogP contribution >= 0.6 is 11.6 Å². The summed E-state index contributed by atoms with van der Waals surface area (Å²) in [6.45, 7) is 11.0. The molecular formula is C14H27ClN2. The van der Waals surface area contributed by atoms with Crippen LogP contribution in [0.5, 0.6) is 0 Å². The van der Waals surface area contributed by atoms with Gasteiger partial charge in [-0.1, -0.05) is 39.3 Å². The van der Waals surface area contributed by atoms with E-state index in [1.54, 1.807) is 0 Å². The lowest BCUT2D eigenvalue weighted by Gasteiger charge is -2.35. The smallest absolute Gasteiger partial charge is 0.151 e. The van der Waals surface area contributed by atoms with E-state index in [0.29, 0.717) is 11.5 Å². The molecule has 17 heavy (non-hydrogen) atoms. The Hall–Kier alpha value is -0.110. The fraction of sp³-hybridized carbons (Fsp3) is 1.00. The summed E-state index contributed by atoms with van der Waals surface area (Å²) in [5.41, 5.74) is 0.437. The Morgan fingerprint density at radius 1 is 1.06 bits per heavy atom. The Morgan fingerprint density at radius 3 is 2.00 bits per heavy atom. The highest BCUT2D eigenvalue weighted by Gasteiger charge is 2.30. The Balaban J connectivity index is 2.43. The van der Waals surface area contributed by atoms with Crippen LogP contribution in [0, 0.1) is 11.3 Å². The van der Waals surface area contributed by atoms with Crippen LogP contribution in [-0.2, 0) is 0 Å². The van der Waals surface area contributed by atoms with Crippen LogP contribution in [0.15, 0.2) is 10.2 Å². The average Bonchev–Trinajstić information content (AvgIpc) is 2.26. The minimum Gasteiger partial charge on any atom is -0.189 e. The van der Waals surface area contributed by atoms with Crippen LogP contribution in [0.2, 0.25) is 0 Å². The molecule has 1 aliphatic rings. The van der Waals surface area contributed by atoms with E-state index in [9.17, 15) is 0 Å². The molecule has 1 fully saturated rings. The molecule has 0 aromatic rings. The highest BCUT2D eigenvalue weighted by molar-refractivity contribution is 6.23. The third-order valence-electron chi connectivity index (χ3n) is 4.00. The zero-order chi connectivity index (χ0) is 13.1. The first kappa shape index (κ1) is 14.9. The van der Waals surface area contributed by atoms with Gasteiger partial charge in [0.15, 0.2) is 5.00 Å². The highest BCUT2D eigenvalue weighted by atomic mass is 35.5. The molecule has 0 spiro atoms. The molecule has 0 heterocycles. The molecule has 1 saturated carbocycles. The van der Waals surface area contributed by atoms with Gasteiger partial charge in [-0.05, 0) is 50.4 Å². The largest absolute Gasteiger partial charge is 0.189 e. The van der Waals surface area contributed by atoms with Gasteiger partial charge in [0.05, 0.1) is 6.04 Å². The molecule has 1 atom stereocenters. The lowest BCUT2D eigenvalue weighted by Crippen LogP contribution is -2.27. The van der Waals surface area contributed by atoms with Gasteiger partial charge in [-0.25, -0.2) is 0 Å². The van der Waals surface area contributed by atoms with Crippen molar-refractivity contribution in [3.63, 3.8) is 0 Å². The van der Waals surface area contributed by atoms with Crippen molar-refractivity contribution >= 4 is 11.6 Å². The Bertz CT molecular complexity index is 258. The first-order chi connectivity index (χ1) is 7.74. The summed E-state index contributed by atoms with van der Waals surface area (Å²) >= 11 is 6.18. The number of rotatable bonds is 3. The first-order valence-electron chi connectivity index (χ1n) is 6.85. The van der Waals surface area contributed by atoms with Gasteiger partial charge in [-0.3, -0.25) is 0 Å². The molecule has 1 rings (SSSR count). The van der Waals surface area contributed by atoms with Gasteiger partial charge < -0.3 is 0 Å². The molecule has 0 bridgehead atoms. The van der Waals surface area contributed by atoms with Crippen molar-refractivity contribution in [2.45, 2.75) is 77.8 Å². The third kappa shape index (κ3) is 4.95. The number of hydrogen-bond donors (Lipinski definition) is 0. The summed E-state index contributed by atoms with van der Waals surface area (Å²) < 4.78 is 0. The van der Waals surface area contributed by atoms with E-state index < -0.39 is 5.00 Å². The van der Waals surface area contributed by atoms with E-state index in [4.69, 9.17) is 11.6 Å². The highest BCUT2D eigenvalue weighted by Crippen LogP contribution is 2.38. The molecule has 0 radical (unpaired) electrons. The summed E-state index contributed by atoms with van der Waals surface area (Å²) in [6.07, 6.45) is 5.72. The predicted molar refractivity (Wildman–Crippen MR) is 74.6 cm³/mol. The molecule has 0 aromatic heterocycles. The van der Waals surface area contributed by atoms with Gasteiger partial charge in [0.1, 0.15) is 0 Å². The number of halogens is 1. The quantitative estimate of drug-likeness (QED) is 0.367. The predicted octanol–water partition coefficient (Wildman–Crippen LogP) is 5.41. The molecule has 0 aliphatic heterocycles. The summed E-state index contributed by atoms with van der Waals surface area (Å²) in [7, 11) is 0. The Morgan fingerprint density at radius 2 is 1.59 bits per heavy atom. The van der Waals surface area contributed by atoms with E-state index in [0.717, 1.165) is 12.3 Å². The summed E-state index contributed by atoms with van der Waals surface area (Å²) in [5, 5.41) is 8.71. The number of hydrogen-bond acceptors (Lipinski definition) is 2. The van der Waals surface area contributed by atoms with Crippen molar-refractivity contribution in [2.24, 2.45) is 21.6 Å². The summed E-state index contributed by atoms with van der Waals surface area (Å²) in [5.74, 6) is 0.836. The van der Waals surface area contributed by atoms with Gasteiger partial charge in [0.25, 0.3) is 0 Å². The van der Waals surface area contributed by atoms with Gasteiger partial charge >= 0.3 is 0 Å². The fourth-order valence-electron chi connectivity index (χ4n) is 2.33. The third-order valence-corrected chi connectivity index (χ3v) is 4.34. The van der Waals surface area contributed by atoms with Crippen molar-refractivity contribution in [3.05, 3.63) is 0 Å². The molecule has 0 saturated heterocycles. The van der Waals surface area contributed by atoms with Crippen molar-refractivity contribution in [2.75, 3.05) is 0 Å². The second-order valence-corrected chi connectivity index (χ2v) is 7.40. The van der Waals surface area contributed by atoms with Gasteiger partial charge in [0.2, 0.25) is 0 Å². The molecule has 2 nitrogen and oxygen atoms in total. The normalized spacial score (nSPS) is 30.5. The van der Waals surface area contributed by atoms with E-state index >= 15 is 0 Å². The van der Waals surface area contributed by atoms with E-state index in [2.05, 4.69) is 31.0 Å². The maximum atomic E-state index is 6.18. The number of alkyl halides is 1. The fourth-order valence-corrected chi connectivity index (χ4v) is 2.37. The number of azo groups is 1. The summed E-state index contributed by atoms with van der Waals surface area (Å²) in [6, 6.07) is 0.401. The van der Waals surface area contributed by atoms with Crippen LogP contribution in [0.1, 0.15) is 66.7 Å². The Kier molecular flexibility index (Phi) is 5.00. The van der Waals surface area contributed by atoms with E-state index in [1.165, 1.54) is 25.7 Å². The minimum atomic E-state index is -0.499. The van der Waals surface area contributed by atoms with Crippen molar-refractivity contribution in [1.82, 2.24) is 0 Å². The molecule has 1 aliphatic carbocycles. The van der Waals surface area contributed by atoms with Crippen molar-refractivity contribution < 1.29 is 0 Å². The zero-order valence-electron chi connectivity index (χ0n) is 12.0. The molecule has 3 heteroatoms. The van der Waals surface area contributed by atoms with Gasteiger partial charge in [0, 0.05) is 0 Å². The lowest BCUT2D eigenvalue weighted by atomic mass is 9.71. The van der Waals surface area contributed by atoms with Crippen LogP contribution in [-0.4, -0.2) is 11.0 Å². The second-order valence-electron chi connectivity index (χ2n) is 6.58. The van der Waals surface area contributed by atoms with Crippen LogP contribution in [0.25, 0.3) is 0 Å². The molecule has 0 N–H and O–H groups in total. The monoisotopic (exact) mass is 258 g/mol. The topological polar surface area (TPSA) is 24.7 Å². The standard InChI is InChI=1S/C14H27ClN2/c1-6-14(5,15)17-16-12-9-7-11(8-10-12)13(2,3)4/h11-12H,6-10H2,1-5H3. The van der Waals surface area contributed by atoms with Crippen LogP contribution in [0.3, 0.4) is 0 Å². The summed E-state index contributed by atoms with van der Waals surface area (Å²) in [4.78, 5) is -0.499. The van der Waals surface area contributed by atoms with E-state index in [-0.39, 0.29) is 0 Å². The molecule has 100 valence electrons. The molecule has 0 amide bonds. The SMILES string of the molecule is CCC(C)(Cl)N=NC1CCC(C(C)(C)C)CC1. The van der Waals surface area contributed by atoms with Gasteiger partial charge in [-0.15, -0.1) is 0 Å².